The van der Waals surface area contributed by atoms with Gasteiger partial charge in [0.15, 0.2) is 0 Å². The third kappa shape index (κ3) is 2.68. The zero-order chi connectivity index (χ0) is 24.1. The van der Waals surface area contributed by atoms with E-state index >= 15 is 0 Å². The molecule has 0 amide bonds. The van der Waals surface area contributed by atoms with Crippen molar-refractivity contribution in [2.45, 2.75) is 58.4 Å². The quantitative estimate of drug-likeness (QED) is 0.431. The highest BCUT2D eigenvalue weighted by Crippen LogP contribution is 2.68. The SMILES string of the molecule is C=C1C[C@@H]2CC[C@@]1(CS(=O)(=O)n1cc(C3Nc4ccccc4C3(C)C)c3ccccc31)C2(C)C. The van der Waals surface area contributed by atoms with Crippen molar-refractivity contribution in [2.24, 2.45) is 16.7 Å². The number of fused-ring (bicyclic) bond motifs is 4. The number of nitrogens with one attached hydrogen (secondary N) is 1. The molecule has 2 fully saturated rings. The Morgan fingerprint density at radius 2 is 1.76 bits per heavy atom. The van der Waals surface area contributed by atoms with Gasteiger partial charge in [0.25, 0.3) is 0 Å². The highest BCUT2D eigenvalue weighted by Gasteiger charge is 2.62. The smallest absolute Gasteiger partial charge is 0.239 e. The zero-order valence-corrected chi connectivity index (χ0v) is 21.4. The number of nitrogens with zero attached hydrogens (tertiary/aromatic N) is 1. The Hall–Kier alpha value is -2.53. The first-order chi connectivity index (χ1) is 16.0. The molecule has 178 valence electrons. The maximum Gasteiger partial charge on any atom is 0.239 e. The van der Waals surface area contributed by atoms with E-state index < -0.39 is 10.0 Å². The average molecular weight is 475 g/mol. The molecule has 1 aromatic heterocycles. The number of hydrogen-bond donors (Lipinski definition) is 1. The van der Waals surface area contributed by atoms with Crippen molar-refractivity contribution in [3.05, 3.63) is 78.0 Å². The van der Waals surface area contributed by atoms with Gasteiger partial charge in [-0.3, -0.25) is 0 Å². The van der Waals surface area contributed by atoms with Crippen LogP contribution in [0, 0.1) is 16.7 Å². The van der Waals surface area contributed by atoms with Crippen molar-refractivity contribution in [3.8, 4) is 0 Å². The predicted molar refractivity (Wildman–Crippen MR) is 140 cm³/mol. The summed E-state index contributed by atoms with van der Waals surface area (Å²) in [6.07, 6.45) is 4.86. The first-order valence-electron chi connectivity index (χ1n) is 12.4. The van der Waals surface area contributed by atoms with E-state index in [4.69, 9.17) is 0 Å². The van der Waals surface area contributed by atoms with Crippen LogP contribution in [0.1, 0.15) is 64.1 Å². The Morgan fingerprint density at radius 1 is 1.06 bits per heavy atom. The summed E-state index contributed by atoms with van der Waals surface area (Å²) in [5.74, 6) is 0.663. The summed E-state index contributed by atoms with van der Waals surface area (Å²) in [7, 11) is -3.60. The van der Waals surface area contributed by atoms with Crippen LogP contribution >= 0.6 is 0 Å². The minimum absolute atomic E-state index is 0.0156. The molecule has 0 spiro atoms. The summed E-state index contributed by atoms with van der Waals surface area (Å²) >= 11 is 0. The fraction of sp³-hybridized carbons (Fsp3) is 0.448. The molecule has 0 radical (unpaired) electrons. The van der Waals surface area contributed by atoms with Crippen LogP contribution < -0.4 is 5.32 Å². The lowest BCUT2D eigenvalue weighted by molar-refractivity contribution is 0.181. The Bertz CT molecular complexity index is 1450. The van der Waals surface area contributed by atoms with Crippen LogP contribution in [0.5, 0.6) is 0 Å². The van der Waals surface area contributed by atoms with Gasteiger partial charge in [-0.1, -0.05) is 76.2 Å². The van der Waals surface area contributed by atoms with Crippen LogP contribution in [0.15, 0.2) is 66.9 Å². The number of para-hydroxylation sites is 2. The Balaban J connectivity index is 1.47. The summed E-state index contributed by atoms with van der Waals surface area (Å²) in [6, 6.07) is 16.3. The van der Waals surface area contributed by atoms with Gasteiger partial charge in [0.05, 0.1) is 17.3 Å². The first kappa shape index (κ1) is 22.0. The number of benzene rings is 2. The predicted octanol–water partition coefficient (Wildman–Crippen LogP) is 6.65. The van der Waals surface area contributed by atoms with Crippen molar-refractivity contribution >= 4 is 26.6 Å². The largest absolute Gasteiger partial charge is 0.377 e. The standard InChI is InChI=1S/C29H34N2O2S/c1-19-16-20-14-15-29(19,28(20,4)5)18-34(32,33)31-17-22(21-10-6-9-13-25(21)31)26-27(2,3)23-11-7-8-12-24(23)30-26/h6-13,17,20,26,30H,1,14-16,18H2,2-5H3/t20-,26?,29-/m0/s1. The Morgan fingerprint density at radius 3 is 2.44 bits per heavy atom. The second-order valence-electron chi connectivity index (χ2n) is 11.8. The Kier molecular flexibility index (Phi) is 4.38. The van der Waals surface area contributed by atoms with Crippen LogP contribution in [-0.4, -0.2) is 18.1 Å². The third-order valence-electron chi connectivity index (χ3n) is 9.73. The molecule has 1 N–H and O–H groups in total. The molecule has 3 aromatic rings. The van der Waals surface area contributed by atoms with Crippen LogP contribution in [0.4, 0.5) is 5.69 Å². The van der Waals surface area contributed by atoms with Gasteiger partial charge < -0.3 is 5.32 Å². The summed E-state index contributed by atoms with van der Waals surface area (Å²) in [6.45, 7) is 13.3. The average Bonchev–Trinajstić information content (AvgIpc) is 3.42. The van der Waals surface area contributed by atoms with Crippen LogP contribution in [-0.2, 0) is 15.4 Å². The van der Waals surface area contributed by atoms with E-state index in [1.165, 1.54) is 5.56 Å². The van der Waals surface area contributed by atoms with Gasteiger partial charge in [-0.05, 0) is 48.3 Å². The summed E-state index contributed by atoms with van der Waals surface area (Å²) in [5.41, 5.74) is 4.75. The highest BCUT2D eigenvalue weighted by atomic mass is 32.2. The highest BCUT2D eigenvalue weighted by molar-refractivity contribution is 7.90. The molecule has 5 heteroatoms. The molecule has 2 aliphatic carbocycles. The normalized spacial score (nSPS) is 28.9. The van der Waals surface area contributed by atoms with E-state index in [1.54, 1.807) is 3.97 Å². The molecule has 2 bridgehead atoms. The van der Waals surface area contributed by atoms with E-state index in [2.05, 4.69) is 63.9 Å². The van der Waals surface area contributed by atoms with Crippen molar-refractivity contribution in [3.63, 3.8) is 0 Å². The molecule has 3 atom stereocenters. The maximum atomic E-state index is 14.1. The van der Waals surface area contributed by atoms with E-state index in [9.17, 15) is 8.42 Å². The molecule has 0 saturated heterocycles. The van der Waals surface area contributed by atoms with Crippen molar-refractivity contribution in [1.29, 1.82) is 0 Å². The fourth-order valence-corrected chi connectivity index (χ4v) is 9.70. The molecule has 34 heavy (non-hydrogen) atoms. The number of anilines is 1. The van der Waals surface area contributed by atoms with E-state index in [1.807, 2.05) is 30.5 Å². The van der Waals surface area contributed by atoms with Gasteiger partial charge in [-0.2, -0.15) is 0 Å². The van der Waals surface area contributed by atoms with Gasteiger partial charge in [0, 0.05) is 33.7 Å². The molecule has 1 aliphatic heterocycles. The zero-order valence-electron chi connectivity index (χ0n) is 20.6. The maximum absolute atomic E-state index is 14.1. The van der Waals surface area contributed by atoms with Crippen LogP contribution in [0.2, 0.25) is 0 Å². The second-order valence-corrected chi connectivity index (χ2v) is 13.7. The molecule has 4 nitrogen and oxygen atoms in total. The third-order valence-corrected chi connectivity index (χ3v) is 11.5. The van der Waals surface area contributed by atoms with Gasteiger partial charge in [0.2, 0.25) is 10.0 Å². The van der Waals surface area contributed by atoms with Crippen molar-refractivity contribution < 1.29 is 8.42 Å². The number of hydrogen-bond acceptors (Lipinski definition) is 3. The van der Waals surface area contributed by atoms with Crippen LogP contribution in [0.25, 0.3) is 10.9 Å². The monoisotopic (exact) mass is 474 g/mol. The van der Waals surface area contributed by atoms with Crippen molar-refractivity contribution in [1.82, 2.24) is 3.97 Å². The summed E-state index contributed by atoms with van der Waals surface area (Å²) in [5, 5.41) is 4.69. The Labute approximate surface area is 203 Å². The molecular weight excluding hydrogens is 440 g/mol. The molecule has 6 rings (SSSR count). The number of aromatic nitrogens is 1. The summed E-state index contributed by atoms with van der Waals surface area (Å²) in [4.78, 5) is 0. The van der Waals surface area contributed by atoms with E-state index in [0.29, 0.717) is 5.92 Å². The summed E-state index contributed by atoms with van der Waals surface area (Å²) < 4.78 is 29.8. The molecule has 2 heterocycles. The lowest BCUT2D eigenvalue weighted by Crippen LogP contribution is -2.39. The van der Waals surface area contributed by atoms with Crippen LogP contribution in [0.3, 0.4) is 0 Å². The second kappa shape index (κ2) is 6.78. The first-order valence-corrected chi connectivity index (χ1v) is 14.0. The lowest BCUT2D eigenvalue weighted by atomic mass is 9.69. The topological polar surface area (TPSA) is 51.1 Å². The molecule has 2 aromatic carbocycles. The van der Waals surface area contributed by atoms with Gasteiger partial charge in [0.1, 0.15) is 0 Å². The lowest BCUT2D eigenvalue weighted by Gasteiger charge is -2.38. The number of rotatable bonds is 4. The molecule has 3 aliphatic rings. The van der Waals surface area contributed by atoms with E-state index in [0.717, 1.165) is 47.0 Å². The van der Waals surface area contributed by atoms with Gasteiger partial charge in [-0.25, -0.2) is 12.4 Å². The minimum atomic E-state index is -3.60. The molecule has 1 unspecified atom stereocenters. The molecular formula is C29H34N2O2S. The van der Waals surface area contributed by atoms with Gasteiger partial charge in [-0.15, -0.1) is 0 Å². The van der Waals surface area contributed by atoms with Crippen molar-refractivity contribution in [2.75, 3.05) is 11.1 Å². The van der Waals surface area contributed by atoms with E-state index in [-0.39, 0.29) is 28.0 Å². The van der Waals surface area contributed by atoms with Gasteiger partial charge >= 0.3 is 0 Å². The minimum Gasteiger partial charge on any atom is -0.377 e. The molecule has 2 saturated carbocycles. The fourth-order valence-electron chi connectivity index (χ4n) is 7.48. The number of allylic oxidation sites excluding steroid dienone is 1.